The zero-order chi connectivity index (χ0) is 10.6. The van der Waals surface area contributed by atoms with Gasteiger partial charge in [0.05, 0.1) is 24.7 Å². The second-order valence-corrected chi connectivity index (χ2v) is 2.62. The molecule has 14 heavy (non-hydrogen) atoms. The van der Waals surface area contributed by atoms with E-state index in [1.807, 2.05) is 0 Å². The third kappa shape index (κ3) is 1.82. The summed E-state index contributed by atoms with van der Waals surface area (Å²) in [5.74, 6) is 5.42. The predicted octanol–water partition coefficient (Wildman–Crippen LogP) is 0.590. The number of anilines is 1. The van der Waals surface area contributed by atoms with E-state index in [0.29, 0.717) is 17.0 Å². The number of nitrogen functional groups attached to an aromatic ring is 1. The van der Waals surface area contributed by atoms with Gasteiger partial charge in [-0.1, -0.05) is 6.07 Å². The fourth-order valence-corrected chi connectivity index (χ4v) is 1.14. The lowest BCUT2D eigenvalue weighted by atomic mass is 10.1. The van der Waals surface area contributed by atoms with Gasteiger partial charge in [-0.3, -0.25) is 5.41 Å². The number of benzene rings is 1. The van der Waals surface area contributed by atoms with E-state index in [-0.39, 0.29) is 5.71 Å². The Morgan fingerprint density at radius 1 is 1.57 bits per heavy atom. The number of nitrogens with two attached hydrogens (primary N) is 2. The van der Waals surface area contributed by atoms with E-state index in [1.54, 1.807) is 18.2 Å². The van der Waals surface area contributed by atoms with Crippen LogP contribution in [0.4, 0.5) is 5.69 Å². The Morgan fingerprint density at radius 2 is 2.29 bits per heavy atom. The molecular weight excluding hydrogens is 180 g/mol. The van der Waals surface area contributed by atoms with Gasteiger partial charge in [-0.25, -0.2) is 0 Å². The lowest BCUT2D eigenvalue weighted by Crippen LogP contribution is -2.06. The van der Waals surface area contributed by atoms with Crippen LogP contribution in [0, 0.1) is 5.41 Å². The minimum atomic E-state index is 0.164. The smallest absolute Gasteiger partial charge is 0.151 e. The largest absolute Gasteiger partial charge is 0.494 e. The van der Waals surface area contributed by atoms with Crippen molar-refractivity contribution in [3.05, 3.63) is 23.8 Å². The average Bonchev–Trinajstić information content (AvgIpc) is 2.17. The predicted molar refractivity (Wildman–Crippen MR) is 56.9 cm³/mol. The monoisotopic (exact) mass is 192 g/mol. The number of hydrogen-bond donors (Lipinski definition) is 3. The Morgan fingerprint density at radius 3 is 2.86 bits per heavy atom. The minimum absolute atomic E-state index is 0.164. The van der Waals surface area contributed by atoms with E-state index in [0.717, 1.165) is 0 Å². The van der Waals surface area contributed by atoms with Crippen molar-refractivity contribution in [1.82, 2.24) is 0 Å². The first kappa shape index (κ1) is 10.0. The van der Waals surface area contributed by atoms with Crippen molar-refractivity contribution >= 4 is 17.6 Å². The van der Waals surface area contributed by atoms with E-state index >= 15 is 0 Å². The third-order valence-corrected chi connectivity index (χ3v) is 1.74. The van der Waals surface area contributed by atoms with E-state index in [4.69, 9.17) is 21.7 Å². The summed E-state index contributed by atoms with van der Waals surface area (Å²) in [6.45, 7) is 0. The summed E-state index contributed by atoms with van der Waals surface area (Å²) in [7, 11) is 1.50. The highest BCUT2D eigenvalue weighted by molar-refractivity contribution is 6.37. The second kappa shape index (κ2) is 4.27. The second-order valence-electron chi connectivity index (χ2n) is 2.62. The molecule has 0 bridgehead atoms. The summed E-state index contributed by atoms with van der Waals surface area (Å²) in [4.78, 5) is 0. The molecule has 74 valence electrons. The van der Waals surface area contributed by atoms with Gasteiger partial charge in [-0.15, -0.1) is 0 Å². The van der Waals surface area contributed by atoms with Crippen LogP contribution in [-0.4, -0.2) is 19.0 Å². The zero-order valence-corrected chi connectivity index (χ0v) is 7.82. The fourth-order valence-electron chi connectivity index (χ4n) is 1.14. The zero-order valence-electron chi connectivity index (χ0n) is 7.82. The van der Waals surface area contributed by atoms with Crippen molar-refractivity contribution < 1.29 is 4.74 Å². The van der Waals surface area contributed by atoms with Gasteiger partial charge in [0.15, 0.2) is 5.75 Å². The molecule has 5 nitrogen and oxygen atoms in total. The Balaban J connectivity index is 3.20. The van der Waals surface area contributed by atoms with E-state index in [9.17, 15) is 0 Å². The Bertz CT molecular complexity index is 373. The third-order valence-electron chi connectivity index (χ3n) is 1.74. The van der Waals surface area contributed by atoms with E-state index < -0.39 is 0 Å². The van der Waals surface area contributed by atoms with Crippen LogP contribution in [0.5, 0.6) is 5.75 Å². The molecule has 5 N–H and O–H groups in total. The van der Waals surface area contributed by atoms with Crippen molar-refractivity contribution in [2.75, 3.05) is 12.8 Å². The van der Waals surface area contributed by atoms with E-state index in [1.165, 1.54) is 13.3 Å². The molecule has 0 aliphatic carbocycles. The lowest BCUT2D eigenvalue weighted by Gasteiger charge is -2.09. The molecule has 0 heterocycles. The number of hydrogen-bond acceptors (Lipinski definition) is 5. The van der Waals surface area contributed by atoms with Crippen molar-refractivity contribution in [3.63, 3.8) is 0 Å². The summed E-state index contributed by atoms with van der Waals surface area (Å²) in [6.07, 6.45) is 1.23. The fraction of sp³-hybridized carbons (Fsp3) is 0.111. The number of rotatable bonds is 3. The summed E-state index contributed by atoms with van der Waals surface area (Å²) in [5.41, 5.74) is 6.89. The minimum Gasteiger partial charge on any atom is -0.494 e. The number of methoxy groups -OCH3 is 1. The number of para-hydroxylation sites is 1. The number of ether oxygens (including phenoxy) is 1. The van der Waals surface area contributed by atoms with Crippen LogP contribution in [0.3, 0.4) is 0 Å². The molecule has 5 heteroatoms. The van der Waals surface area contributed by atoms with Crippen molar-refractivity contribution in [3.8, 4) is 5.75 Å². The van der Waals surface area contributed by atoms with Crippen molar-refractivity contribution in [2.24, 2.45) is 10.9 Å². The molecule has 0 fully saturated rings. The Hall–Kier alpha value is -2.04. The quantitative estimate of drug-likeness (QED) is 0.283. The molecule has 0 atom stereocenters. The standard InChI is InChI=1S/C9H12N4O/c1-14-9-6(8(11)5-13-12)3-2-4-7(9)10/h2-5,11H,10,12H2,1H3/b11-8?,13-5-. The highest BCUT2D eigenvalue weighted by atomic mass is 16.5. The summed E-state index contributed by atoms with van der Waals surface area (Å²) in [5, 5.41) is 10.9. The lowest BCUT2D eigenvalue weighted by molar-refractivity contribution is 0.416. The molecule has 0 aliphatic heterocycles. The normalized spacial score (nSPS) is 10.4. The van der Waals surface area contributed by atoms with Gasteiger partial charge in [0, 0.05) is 5.56 Å². The summed E-state index contributed by atoms with van der Waals surface area (Å²) < 4.78 is 5.08. The molecule has 1 rings (SSSR count). The van der Waals surface area contributed by atoms with Crippen LogP contribution >= 0.6 is 0 Å². The molecule has 0 unspecified atom stereocenters. The molecule has 1 aromatic carbocycles. The van der Waals surface area contributed by atoms with Crippen LogP contribution in [0.2, 0.25) is 0 Å². The van der Waals surface area contributed by atoms with Crippen LogP contribution in [0.25, 0.3) is 0 Å². The number of nitrogens with one attached hydrogen (secondary N) is 1. The molecule has 0 aromatic heterocycles. The first-order chi connectivity index (χ1) is 6.70. The molecule has 0 spiro atoms. The first-order valence-electron chi connectivity index (χ1n) is 3.95. The van der Waals surface area contributed by atoms with Gasteiger partial charge in [-0.2, -0.15) is 5.10 Å². The van der Waals surface area contributed by atoms with Crippen LogP contribution in [0.15, 0.2) is 23.3 Å². The highest BCUT2D eigenvalue weighted by Crippen LogP contribution is 2.25. The molecule has 1 aromatic rings. The Kier molecular flexibility index (Phi) is 3.06. The van der Waals surface area contributed by atoms with Gasteiger partial charge < -0.3 is 16.3 Å². The van der Waals surface area contributed by atoms with Gasteiger partial charge in [0.25, 0.3) is 0 Å². The maximum atomic E-state index is 7.61. The summed E-state index contributed by atoms with van der Waals surface area (Å²) >= 11 is 0. The SMILES string of the molecule is COc1c(N)cccc1C(=N)/C=N\N. The van der Waals surface area contributed by atoms with Gasteiger partial charge >= 0.3 is 0 Å². The topological polar surface area (TPSA) is 97.5 Å². The van der Waals surface area contributed by atoms with Gasteiger partial charge in [-0.05, 0) is 12.1 Å². The van der Waals surface area contributed by atoms with Gasteiger partial charge in [0.1, 0.15) is 0 Å². The van der Waals surface area contributed by atoms with Crippen LogP contribution in [0.1, 0.15) is 5.56 Å². The molecular formula is C9H12N4O. The molecule has 0 amide bonds. The van der Waals surface area contributed by atoms with Crippen LogP contribution in [-0.2, 0) is 0 Å². The van der Waals surface area contributed by atoms with Crippen LogP contribution < -0.4 is 16.3 Å². The molecule has 0 radical (unpaired) electrons. The van der Waals surface area contributed by atoms with Crippen molar-refractivity contribution in [1.29, 1.82) is 5.41 Å². The molecule has 0 saturated carbocycles. The maximum Gasteiger partial charge on any atom is 0.151 e. The first-order valence-corrected chi connectivity index (χ1v) is 3.95. The maximum absolute atomic E-state index is 7.61. The highest BCUT2D eigenvalue weighted by Gasteiger charge is 2.09. The number of nitrogens with zero attached hydrogens (tertiary/aromatic N) is 1. The number of hydrazone groups is 1. The summed E-state index contributed by atoms with van der Waals surface area (Å²) in [6, 6.07) is 5.17. The van der Waals surface area contributed by atoms with E-state index in [2.05, 4.69) is 5.10 Å². The van der Waals surface area contributed by atoms with Gasteiger partial charge in [0.2, 0.25) is 0 Å². The molecule has 0 aliphatic rings. The molecule has 0 saturated heterocycles. The average molecular weight is 192 g/mol. The van der Waals surface area contributed by atoms with Crippen molar-refractivity contribution in [2.45, 2.75) is 0 Å². The Labute approximate surface area is 81.9 Å².